The first-order valence-corrected chi connectivity index (χ1v) is 19.7. The van der Waals surface area contributed by atoms with Crippen molar-refractivity contribution in [3.8, 4) is 75.4 Å². The van der Waals surface area contributed by atoms with Crippen LogP contribution in [0.2, 0.25) is 0 Å². The van der Waals surface area contributed by atoms with Gasteiger partial charge < -0.3 is 9.13 Å². The van der Waals surface area contributed by atoms with Crippen molar-refractivity contribution >= 4 is 43.6 Å². The van der Waals surface area contributed by atoms with E-state index in [-0.39, 0.29) is 0 Å². The molecule has 0 bridgehead atoms. The molecule has 0 saturated heterocycles. The Bertz CT molecular complexity index is 3490. The Morgan fingerprint density at radius 3 is 1.15 bits per heavy atom. The molecule has 62 heavy (non-hydrogen) atoms. The van der Waals surface area contributed by atoms with Crippen molar-refractivity contribution in [2.24, 2.45) is 0 Å². The SMILES string of the molecule is Cc1cc(C)nc(-c2c(-n3c4ccccc4c4ccc(-c5cc(C#N)cc(C#N)c5)cc43)cc(C#N)cc2-n2c3ccccc3c3ccc(-c4cc(C#N)cc(C#N)c4)cc32)n1. The van der Waals surface area contributed by atoms with Crippen LogP contribution in [-0.2, 0) is 0 Å². The van der Waals surface area contributed by atoms with Crippen LogP contribution in [0.25, 0.3) is 88.6 Å². The van der Waals surface area contributed by atoms with Gasteiger partial charge in [-0.1, -0.05) is 60.7 Å². The number of fused-ring (bicyclic) bond motifs is 6. The Morgan fingerprint density at radius 1 is 0.371 bits per heavy atom. The summed E-state index contributed by atoms with van der Waals surface area (Å²) in [6.45, 7) is 3.88. The van der Waals surface area contributed by atoms with Crippen molar-refractivity contribution in [1.29, 1.82) is 26.3 Å². The van der Waals surface area contributed by atoms with Crippen molar-refractivity contribution in [2.75, 3.05) is 0 Å². The Hall–Kier alpha value is -9.33. The molecule has 0 unspecified atom stereocenters. The van der Waals surface area contributed by atoms with E-state index in [0.717, 1.165) is 77.3 Å². The molecule has 0 amide bonds. The molecule has 286 valence electrons. The first-order chi connectivity index (χ1) is 30.3. The van der Waals surface area contributed by atoms with E-state index in [9.17, 15) is 26.3 Å². The highest BCUT2D eigenvalue weighted by molar-refractivity contribution is 6.13. The summed E-state index contributed by atoms with van der Waals surface area (Å²) in [6, 6.07) is 55.7. The maximum absolute atomic E-state index is 10.9. The number of hydrogen-bond donors (Lipinski definition) is 0. The third kappa shape index (κ3) is 5.97. The number of aromatic nitrogens is 4. The lowest BCUT2D eigenvalue weighted by molar-refractivity contribution is 1.04. The highest BCUT2D eigenvalue weighted by atomic mass is 15.0. The summed E-state index contributed by atoms with van der Waals surface area (Å²) in [5.74, 6) is 0.474. The summed E-state index contributed by atoms with van der Waals surface area (Å²) < 4.78 is 4.31. The number of aryl methyl sites for hydroxylation is 2. The van der Waals surface area contributed by atoms with E-state index in [1.54, 1.807) is 36.4 Å². The van der Waals surface area contributed by atoms with Gasteiger partial charge in [0, 0.05) is 32.9 Å². The van der Waals surface area contributed by atoms with Gasteiger partial charge in [0.15, 0.2) is 5.82 Å². The van der Waals surface area contributed by atoms with E-state index in [2.05, 4.69) is 88.0 Å². The highest BCUT2D eigenvalue weighted by Crippen LogP contribution is 2.43. The molecule has 0 saturated carbocycles. The van der Waals surface area contributed by atoms with E-state index in [1.165, 1.54) is 0 Å². The lowest BCUT2D eigenvalue weighted by atomic mass is 9.99. The molecule has 7 aromatic carbocycles. The smallest absolute Gasteiger partial charge is 0.163 e. The summed E-state index contributed by atoms with van der Waals surface area (Å²) >= 11 is 0. The maximum Gasteiger partial charge on any atom is 0.163 e. The predicted octanol–water partition coefficient (Wildman–Crippen LogP) is 11.6. The lowest BCUT2D eigenvalue weighted by Gasteiger charge is -2.20. The molecule has 0 radical (unpaired) electrons. The maximum atomic E-state index is 10.9. The molecule has 0 fully saturated rings. The first kappa shape index (κ1) is 37.0. The minimum Gasteiger partial charge on any atom is -0.308 e. The van der Waals surface area contributed by atoms with Crippen molar-refractivity contribution in [2.45, 2.75) is 13.8 Å². The van der Waals surface area contributed by atoms with Crippen molar-refractivity contribution in [3.05, 3.63) is 179 Å². The van der Waals surface area contributed by atoms with Crippen molar-refractivity contribution in [3.63, 3.8) is 0 Å². The fourth-order valence-corrected chi connectivity index (χ4v) is 8.76. The highest BCUT2D eigenvalue weighted by Gasteiger charge is 2.25. The Labute approximate surface area is 355 Å². The molecule has 9 nitrogen and oxygen atoms in total. The van der Waals surface area contributed by atoms with Crippen LogP contribution in [0.5, 0.6) is 0 Å². The van der Waals surface area contributed by atoms with Crippen LogP contribution >= 0.6 is 0 Å². The van der Waals surface area contributed by atoms with Gasteiger partial charge >= 0.3 is 0 Å². The van der Waals surface area contributed by atoms with Crippen LogP contribution in [0.1, 0.15) is 39.2 Å². The van der Waals surface area contributed by atoms with E-state index in [4.69, 9.17) is 9.97 Å². The fourth-order valence-electron chi connectivity index (χ4n) is 8.76. The molecule has 0 atom stereocenters. The van der Waals surface area contributed by atoms with Gasteiger partial charge in [0.05, 0.1) is 97.2 Å². The molecule has 9 heteroatoms. The fraction of sp³-hybridized carbons (Fsp3) is 0.0377. The second kappa shape index (κ2) is 14.5. The average molecular weight is 792 g/mol. The minimum atomic E-state index is 0.387. The number of hydrogen-bond acceptors (Lipinski definition) is 7. The van der Waals surface area contributed by atoms with Crippen LogP contribution < -0.4 is 0 Å². The van der Waals surface area contributed by atoms with E-state index in [1.807, 2.05) is 68.4 Å². The van der Waals surface area contributed by atoms with Gasteiger partial charge in [0.2, 0.25) is 0 Å². The minimum absolute atomic E-state index is 0.387. The molecule has 3 aromatic heterocycles. The number of benzene rings is 7. The second-order valence-corrected chi connectivity index (χ2v) is 15.2. The van der Waals surface area contributed by atoms with Crippen molar-refractivity contribution < 1.29 is 0 Å². The Morgan fingerprint density at radius 2 is 0.742 bits per heavy atom. The van der Waals surface area contributed by atoms with Crippen LogP contribution in [0, 0.1) is 70.5 Å². The van der Waals surface area contributed by atoms with Crippen LogP contribution in [0.3, 0.4) is 0 Å². The summed E-state index contributed by atoms with van der Waals surface area (Å²) in [5.41, 5.74) is 12.1. The molecule has 0 aliphatic heterocycles. The van der Waals surface area contributed by atoms with Gasteiger partial charge in [-0.05, 0) is 115 Å². The van der Waals surface area contributed by atoms with Crippen LogP contribution in [0.4, 0.5) is 0 Å². The van der Waals surface area contributed by atoms with E-state index < -0.39 is 0 Å². The lowest BCUT2D eigenvalue weighted by Crippen LogP contribution is -2.07. The molecule has 10 aromatic rings. The quantitative estimate of drug-likeness (QED) is 0.168. The zero-order chi connectivity index (χ0) is 42.6. The number of rotatable bonds is 5. The van der Waals surface area contributed by atoms with E-state index >= 15 is 0 Å². The molecule has 0 aliphatic rings. The van der Waals surface area contributed by atoms with Gasteiger partial charge in [0.25, 0.3) is 0 Å². The zero-order valence-corrected chi connectivity index (χ0v) is 33.3. The standard InChI is InChI=1S/C53H29N9/c1-31-15-32(2)60-53(59-31)52-50(61-46-9-5-3-7-42(46)44-13-11-38(24-48(44)61)40-18-33(26-54)16-34(19-40)27-55)22-37(30-58)23-51(52)62-47-10-6-4-8-43(47)45-14-12-39(25-49(45)62)41-20-35(28-56)17-36(21-41)29-57/h3-25H,1-2H3. The number of nitrogens with zero attached hydrogens (tertiary/aromatic N) is 9. The molecule has 0 aliphatic carbocycles. The van der Waals surface area contributed by atoms with Crippen molar-refractivity contribution in [1.82, 2.24) is 19.1 Å². The number of para-hydroxylation sites is 2. The summed E-state index contributed by atoms with van der Waals surface area (Å²) in [5, 5.41) is 54.1. The van der Waals surface area contributed by atoms with Gasteiger partial charge in [-0.25, -0.2) is 9.97 Å². The zero-order valence-electron chi connectivity index (χ0n) is 33.3. The van der Waals surface area contributed by atoms with Crippen LogP contribution in [-0.4, -0.2) is 19.1 Å². The molecule has 3 heterocycles. The third-order valence-electron chi connectivity index (χ3n) is 11.3. The average Bonchev–Trinajstić information content (AvgIpc) is 3.82. The Kier molecular flexibility index (Phi) is 8.64. The predicted molar refractivity (Wildman–Crippen MR) is 240 cm³/mol. The molecule has 0 spiro atoms. The molecule has 10 rings (SSSR count). The molecule has 0 N–H and O–H groups in total. The normalized spacial score (nSPS) is 11.0. The first-order valence-electron chi connectivity index (χ1n) is 19.7. The second-order valence-electron chi connectivity index (χ2n) is 15.2. The molecular formula is C53H29N9. The summed E-state index contributed by atoms with van der Waals surface area (Å²) in [7, 11) is 0. The Balaban J connectivity index is 1.35. The monoisotopic (exact) mass is 791 g/mol. The van der Waals surface area contributed by atoms with Crippen LogP contribution in [0.15, 0.2) is 140 Å². The van der Waals surface area contributed by atoms with Gasteiger partial charge in [-0.15, -0.1) is 0 Å². The number of nitriles is 5. The van der Waals surface area contributed by atoms with E-state index in [0.29, 0.717) is 50.6 Å². The third-order valence-corrected chi connectivity index (χ3v) is 11.3. The summed E-state index contributed by atoms with van der Waals surface area (Å²) in [4.78, 5) is 10.2. The van der Waals surface area contributed by atoms with Gasteiger partial charge in [0.1, 0.15) is 0 Å². The topological polar surface area (TPSA) is 155 Å². The molecular weight excluding hydrogens is 763 g/mol. The van der Waals surface area contributed by atoms with Gasteiger partial charge in [-0.2, -0.15) is 26.3 Å². The largest absolute Gasteiger partial charge is 0.308 e. The van der Waals surface area contributed by atoms with Gasteiger partial charge in [-0.3, -0.25) is 0 Å². The summed E-state index contributed by atoms with van der Waals surface area (Å²) in [6.07, 6.45) is 0.